The summed E-state index contributed by atoms with van der Waals surface area (Å²) in [4.78, 5) is 0. The van der Waals surface area contributed by atoms with E-state index in [0.717, 1.165) is 18.1 Å². The van der Waals surface area contributed by atoms with Crippen molar-refractivity contribution in [3.8, 4) is 17.1 Å². The molecule has 0 saturated heterocycles. The third-order valence-corrected chi connectivity index (χ3v) is 3.67. The van der Waals surface area contributed by atoms with Gasteiger partial charge in [0.2, 0.25) is 0 Å². The second-order valence-corrected chi connectivity index (χ2v) is 5.59. The molecule has 1 radical (unpaired) electrons. The summed E-state index contributed by atoms with van der Waals surface area (Å²) >= 11 is 0. The Bertz CT molecular complexity index is 819. The second-order valence-electron chi connectivity index (χ2n) is 5.59. The SMILES string of the molecule is Cc1cccc(C)c1-n1c(-c2[c-]cccc2)nnc1C(C)(F)F.[Ir]. The zero-order valence-electron chi connectivity index (χ0n) is 13.5. The molecule has 2 aromatic carbocycles. The van der Waals surface area contributed by atoms with Crippen molar-refractivity contribution >= 4 is 0 Å². The van der Waals surface area contributed by atoms with Crippen LogP contribution in [0, 0.1) is 19.9 Å². The number of aryl methyl sites for hydroxylation is 2. The van der Waals surface area contributed by atoms with E-state index in [-0.39, 0.29) is 25.9 Å². The maximum absolute atomic E-state index is 14.1. The Hall–Kier alpha value is -1.91. The normalized spacial score (nSPS) is 11.2. The van der Waals surface area contributed by atoms with Crippen molar-refractivity contribution in [3.63, 3.8) is 0 Å². The Kier molecular flexibility index (Phi) is 5.31. The van der Waals surface area contributed by atoms with Gasteiger partial charge >= 0.3 is 5.92 Å². The quantitative estimate of drug-likeness (QED) is 0.494. The standard InChI is InChI=1S/C18H16F2N3.Ir/c1-12-8-7-9-13(2)15(12)23-16(14-10-5-4-6-11-14)21-22-17(23)18(3,19)20;/h4-10H,1-3H3;/q-1;. The summed E-state index contributed by atoms with van der Waals surface area (Å²) in [7, 11) is 0. The summed E-state index contributed by atoms with van der Waals surface area (Å²) in [5.41, 5.74) is 3.07. The van der Waals surface area contributed by atoms with E-state index in [9.17, 15) is 8.78 Å². The maximum atomic E-state index is 14.1. The third-order valence-electron chi connectivity index (χ3n) is 3.67. The van der Waals surface area contributed by atoms with Crippen LogP contribution in [0.5, 0.6) is 0 Å². The van der Waals surface area contributed by atoms with Gasteiger partial charge in [-0.2, -0.15) is 13.9 Å². The van der Waals surface area contributed by atoms with Crippen LogP contribution in [0.25, 0.3) is 17.1 Å². The molecule has 0 spiro atoms. The Labute approximate surface area is 153 Å². The first-order valence-corrected chi connectivity index (χ1v) is 7.27. The summed E-state index contributed by atoms with van der Waals surface area (Å²) in [5.74, 6) is -3.11. The van der Waals surface area contributed by atoms with E-state index in [1.807, 2.05) is 44.2 Å². The Morgan fingerprint density at radius 2 is 1.67 bits per heavy atom. The minimum atomic E-state index is -3.10. The minimum Gasteiger partial charge on any atom is -0.314 e. The predicted molar refractivity (Wildman–Crippen MR) is 84.7 cm³/mol. The van der Waals surface area contributed by atoms with Gasteiger partial charge < -0.3 is 4.57 Å². The molecule has 3 aromatic rings. The predicted octanol–water partition coefficient (Wildman–Crippen LogP) is 4.46. The maximum Gasteiger partial charge on any atom is 0.303 e. The first kappa shape index (κ1) is 18.4. The molecule has 6 heteroatoms. The number of hydrogen-bond acceptors (Lipinski definition) is 2. The van der Waals surface area contributed by atoms with Crippen molar-refractivity contribution in [2.24, 2.45) is 0 Å². The molecule has 0 N–H and O–H groups in total. The Balaban J connectivity index is 0.00000208. The van der Waals surface area contributed by atoms with Crippen LogP contribution < -0.4 is 0 Å². The molecular formula is C18H16F2IrN3-. The molecule has 1 aromatic heterocycles. The fraction of sp³-hybridized carbons (Fsp3) is 0.222. The van der Waals surface area contributed by atoms with Gasteiger partial charge in [-0.25, -0.2) is 0 Å². The van der Waals surface area contributed by atoms with E-state index in [1.54, 1.807) is 12.1 Å². The van der Waals surface area contributed by atoms with Crippen molar-refractivity contribution < 1.29 is 28.9 Å². The van der Waals surface area contributed by atoms with Crippen LogP contribution in [0.1, 0.15) is 23.9 Å². The summed E-state index contributed by atoms with van der Waals surface area (Å²) < 4.78 is 29.6. The van der Waals surface area contributed by atoms with E-state index in [0.29, 0.717) is 17.1 Å². The molecule has 0 saturated carbocycles. The van der Waals surface area contributed by atoms with Crippen molar-refractivity contribution in [1.82, 2.24) is 14.8 Å². The summed E-state index contributed by atoms with van der Waals surface area (Å²) in [6, 6.07) is 15.8. The average Bonchev–Trinajstić information content (AvgIpc) is 2.93. The largest absolute Gasteiger partial charge is 0.314 e. The molecule has 0 amide bonds. The molecule has 0 fully saturated rings. The Morgan fingerprint density at radius 1 is 1.00 bits per heavy atom. The van der Waals surface area contributed by atoms with E-state index in [2.05, 4.69) is 16.3 Å². The molecule has 0 atom stereocenters. The number of rotatable bonds is 3. The fourth-order valence-electron chi connectivity index (χ4n) is 2.65. The molecule has 0 bridgehead atoms. The first-order chi connectivity index (χ1) is 10.9. The van der Waals surface area contributed by atoms with E-state index in [4.69, 9.17) is 0 Å². The van der Waals surface area contributed by atoms with E-state index < -0.39 is 5.92 Å². The molecule has 0 aliphatic rings. The van der Waals surface area contributed by atoms with Crippen LogP contribution in [0.4, 0.5) is 8.78 Å². The molecule has 1 heterocycles. The van der Waals surface area contributed by atoms with Crippen LogP contribution in [-0.4, -0.2) is 14.8 Å². The molecule has 24 heavy (non-hydrogen) atoms. The van der Waals surface area contributed by atoms with E-state index >= 15 is 0 Å². The third kappa shape index (κ3) is 3.30. The smallest absolute Gasteiger partial charge is 0.303 e. The summed E-state index contributed by atoms with van der Waals surface area (Å²) in [6.07, 6.45) is 0. The molecule has 0 unspecified atom stereocenters. The number of hydrogen-bond donors (Lipinski definition) is 0. The molecule has 3 rings (SSSR count). The molecular weight excluding hydrogens is 488 g/mol. The van der Waals surface area contributed by atoms with Gasteiger partial charge in [0.25, 0.3) is 0 Å². The number of para-hydroxylation sites is 1. The Morgan fingerprint density at radius 3 is 2.21 bits per heavy atom. The molecule has 127 valence electrons. The van der Waals surface area contributed by atoms with Gasteiger partial charge in [0, 0.05) is 32.7 Å². The minimum absolute atomic E-state index is 0. The van der Waals surface area contributed by atoms with Crippen molar-refractivity contribution in [3.05, 3.63) is 65.5 Å². The van der Waals surface area contributed by atoms with Crippen LogP contribution >= 0.6 is 0 Å². The van der Waals surface area contributed by atoms with Crippen LogP contribution in [0.2, 0.25) is 0 Å². The van der Waals surface area contributed by atoms with Gasteiger partial charge in [-0.1, -0.05) is 18.2 Å². The monoisotopic (exact) mass is 505 g/mol. The second kappa shape index (κ2) is 6.91. The molecule has 0 aliphatic heterocycles. The number of aromatic nitrogens is 3. The van der Waals surface area contributed by atoms with Gasteiger partial charge in [0.15, 0.2) is 5.82 Å². The van der Waals surface area contributed by atoms with Gasteiger partial charge in [-0.15, -0.1) is 41.0 Å². The van der Waals surface area contributed by atoms with Gasteiger partial charge in [-0.05, 0) is 25.0 Å². The molecule has 3 nitrogen and oxygen atoms in total. The first-order valence-electron chi connectivity index (χ1n) is 7.27. The fourth-order valence-corrected chi connectivity index (χ4v) is 2.65. The van der Waals surface area contributed by atoms with Gasteiger partial charge in [-0.3, -0.25) is 0 Å². The van der Waals surface area contributed by atoms with E-state index in [1.165, 1.54) is 4.57 Å². The zero-order valence-corrected chi connectivity index (χ0v) is 15.9. The van der Waals surface area contributed by atoms with Crippen molar-refractivity contribution in [2.45, 2.75) is 26.7 Å². The summed E-state index contributed by atoms with van der Waals surface area (Å²) in [6.45, 7) is 4.61. The topological polar surface area (TPSA) is 30.7 Å². The van der Waals surface area contributed by atoms with Crippen LogP contribution in [-0.2, 0) is 26.0 Å². The van der Waals surface area contributed by atoms with Crippen molar-refractivity contribution in [2.75, 3.05) is 0 Å². The zero-order chi connectivity index (χ0) is 16.6. The van der Waals surface area contributed by atoms with Gasteiger partial charge in [0.1, 0.15) is 0 Å². The number of benzene rings is 2. The number of halogens is 2. The average molecular weight is 505 g/mol. The van der Waals surface area contributed by atoms with Crippen LogP contribution in [0.15, 0.2) is 42.5 Å². The van der Waals surface area contributed by atoms with Crippen LogP contribution in [0.3, 0.4) is 0 Å². The van der Waals surface area contributed by atoms with Crippen molar-refractivity contribution in [1.29, 1.82) is 0 Å². The molecule has 0 aliphatic carbocycles. The van der Waals surface area contributed by atoms with Gasteiger partial charge in [0.05, 0.1) is 5.82 Å². The number of nitrogens with zero attached hydrogens (tertiary/aromatic N) is 3. The summed E-state index contributed by atoms with van der Waals surface area (Å²) in [5, 5.41) is 7.78. The number of alkyl halides is 2.